The zero-order valence-electron chi connectivity index (χ0n) is 12.4. The van der Waals surface area contributed by atoms with Gasteiger partial charge in [0.1, 0.15) is 6.23 Å². The molecule has 0 unspecified atom stereocenters. The van der Waals surface area contributed by atoms with Crippen molar-refractivity contribution in [1.29, 1.82) is 0 Å². The van der Waals surface area contributed by atoms with Crippen LogP contribution in [0.1, 0.15) is 29.7 Å². The molecule has 0 aliphatic heterocycles. The monoisotopic (exact) mass is 382 g/mol. The standard InChI is InChI=1S/C12H22O6Si2.4CH4/c1-7-11(13)15-9-17-20(5,6)18-19(3,4)10-16-12(14)8-2;;;;/h7-8H,1-2,9-10H2,3-6H3;4*1H4. The summed E-state index contributed by atoms with van der Waals surface area (Å²) in [7, 11) is -4.69. The summed E-state index contributed by atoms with van der Waals surface area (Å²) in [5, 5.41) is 0. The van der Waals surface area contributed by atoms with Crippen LogP contribution in [0.2, 0.25) is 26.2 Å². The molecule has 0 rings (SSSR count). The van der Waals surface area contributed by atoms with Crippen LogP contribution in [-0.4, -0.2) is 41.8 Å². The van der Waals surface area contributed by atoms with Gasteiger partial charge in [-0.25, -0.2) is 9.59 Å². The summed E-state index contributed by atoms with van der Waals surface area (Å²) in [5.74, 6) is -1.03. The zero-order chi connectivity index (χ0) is 15.8. The molecule has 0 saturated carbocycles. The fraction of sp³-hybridized carbons (Fsp3) is 0.625. The van der Waals surface area contributed by atoms with Gasteiger partial charge in [0, 0.05) is 12.2 Å². The third kappa shape index (κ3) is 17.1. The Labute approximate surface area is 151 Å². The molecule has 0 heterocycles. The molecule has 0 radical (unpaired) electrons. The number of carbonyl (C=O) groups is 2. The van der Waals surface area contributed by atoms with Gasteiger partial charge in [0.2, 0.25) is 8.32 Å². The highest BCUT2D eigenvalue weighted by atomic mass is 28.4. The first-order valence-electron chi connectivity index (χ1n) is 6.04. The Morgan fingerprint density at radius 3 is 1.71 bits per heavy atom. The minimum Gasteiger partial charge on any atom is -0.463 e. The molecule has 0 aliphatic rings. The number of ether oxygens (including phenoxy) is 2. The average Bonchev–Trinajstić information content (AvgIpc) is 2.34. The second-order valence-corrected chi connectivity index (χ2v) is 12.7. The number of hydrogen-bond donors (Lipinski definition) is 0. The highest BCUT2D eigenvalue weighted by Gasteiger charge is 2.36. The summed E-state index contributed by atoms with van der Waals surface area (Å²) in [6.45, 7) is 13.9. The molecule has 0 aromatic rings. The Morgan fingerprint density at radius 1 is 0.875 bits per heavy atom. The van der Waals surface area contributed by atoms with Crippen LogP contribution in [0.4, 0.5) is 0 Å². The molecule has 0 fully saturated rings. The van der Waals surface area contributed by atoms with Crippen molar-refractivity contribution in [1.82, 2.24) is 0 Å². The lowest BCUT2D eigenvalue weighted by Crippen LogP contribution is -2.50. The Kier molecular flexibility index (Phi) is 21.8. The molecule has 0 aromatic carbocycles. The molecule has 146 valence electrons. The van der Waals surface area contributed by atoms with Gasteiger partial charge in [0.15, 0.2) is 6.79 Å². The summed E-state index contributed by atoms with van der Waals surface area (Å²) in [5.41, 5.74) is 0. The number of esters is 2. The van der Waals surface area contributed by atoms with Crippen molar-refractivity contribution in [3.8, 4) is 0 Å². The minimum absolute atomic E-state index is 0. The highest BCUT2D eigenvalue weighted by Crippen LogP contribution is 2.16. The van der Waals surface area contributed by atoms with E-state index in [4.69, 9.17) is 18.0 Å². The van der Waals surface area contributed by atoms with E-state index in [1.54, 1.807) is 0 Å². The van der Waals surface area contributed by atoms with Crippen LogP contribution in [0.15, 0.2) is 25.3 Å². The van der Waals surface area contributed by atoms with Crippen molar-refractivity contribution >= 4 is 28.8 Å². The Morgan fingerprint density at radius 2 is 1.29 bits per heavy atom. The molecule has 0 aromatic heterocycles. The smallest absolute Gasteiger partial charge is 0.332 e. The zero-order valence-corrected chi connectivity index (χ0v) is 14.4. The second kappa shape index (κ2) is 15.3. The van der Waals surface area contributed by atoms with Crippen LogP contribution in [0, 0.1) is 0 Å². The maximum Gasteiger partial charge on any atom is 0.332 e. The molecular weight excluding hydrogens is 344 g/mol. The molecule has 0 spiro atoms. The molecule has 0 saturated heterocycles. The predicted molar refractivity (Wildman–Crippen MR) is 106 cm³/mol. The third-order valence-corrected chi connectivity index (χ3v) is 7.85. The van der Waals surface area contributed by atoms with Crippen molar-refractivity contribution in [2.24, 2.45) is 0 Å². The van der Waals surface area contributed by atoms with Crippen LogP contribution in [-0.2, 0) is 27.6 Å². The Hall–Kier alpha value is -1.23. The molecule has 8 heteroatoms. The first-order chi connectivity index (χ1) is 9.12. The molecular formula is C16H38O6Si2. The lowest BCUT2D eigenvalue weighted by molar-refractivity contribution is -0.145. The highest BCUT2D eigenvalue weighted by molar-refractivity contribution is 6.82. The first kappa shape index (κ1) is 34.2. The molecule has 0 N–H and O–H groups in total. The summed E-state index contributed by atoms with van der Waals surface area (Å²) in [4.78, 5) is 21.9. The molecule has 0 bridgehead atoms. The van der Waals surface area contributed by atoms with Gasteiger partial charge in [0.25, 0.3) is 0 Å². The Balaban J connectivity index is -0.000000301. The van der Waals surface area contributed by atoms with Gasteiger partial charge in [0.05, 0.1) is 0 Å². The van der Waals surface area contributed by atoms with E-state index in [1.807, 2.05) is 26.2 Å². The third-order valence-electron chi connectivity index (χ3n) is 2.03. The van der Waals surface area contributed by atoms with Crippen LogP contribution in [0.3, 0.4) is 0 Å². The van der Waals surface area contributed by atoms with E-state index in [-0.39, 0.29) is 42.7 Å². The van der Waals surface area contributed by atoms with Crippen molar-refractivity contribution in [3.63, 3.8) is 0 Å². The molecule has 0 aliphatic carbocycles. The average molecular weight is 383 g/mol. The van der Waals surface area contributed by atoms with Crippen molar-refractivity contribution in [2.45, 2.75) is 55.9 Å². The summed E-state index contributed by atoms with van der Waals surface area (Å²) in [6.07, 6.45) is 2.38. The molecule has 0 atom stereocenters. The van der Waals surface area contributed by atoms with Gasteiger partial charge in [-0.15, -0.1) is 0 Å². The van der Waals surface area contributed by atoms with Gasteiger partial charge in [-0.2, -0.15) is 0 Å². The van der Waals surface area contributed by atoms with Gasteiger partial charge in [-0.1, -0.05) is 42.9 Å². The maximum atomic E-state index is 11.0. The van der Waals surface area contributed by atoms with E-state index in [0.29, 0.717) is 0 Å². The normalized spacial score (nSPS) is 9.67. The maximum absolute atomic E-state index is 11.0. The van der Waals surface area contributed by atoms with E-state index in [2.05, 4.69) is 13.2 Å². The van der Waals surface area contributed by atoms with Gasteiger partial charge in [-0.05, 0) is 26.2 Å². The lowest BCUT2D eigenvalue weighted by Gasteiger charge is -2.32. The van der Waals surface area contributed by atoms with E-state index in [1.165, 1.54) is 0 Å². The second-order valence-electron chi connectivity index (χ2n) is 5.00. The van der Waals surface area contributed by atoms with E-state index in [0.717, 1.165) is 12.2 Å². The van der Waals surface area contributed by atoms with Crippen molar-refractivity contribution in [2.75, 3.05) is 13.0 Å². The largest absolute Gasteiger partial charge is 0.463 e. The molecule has 24 heavy (non-hydrogen) atoms. The summed E-state index contributed by atoms with van der Waals surface area (Å²) < 4.78 is 21.2. The number of rotatable bonds is 9. The minimum atomic E-state index is -2.47. The van der Waals surface area contributed by atoms with Crippen LogP contribution in [0.25, 0.3) is 0 Å². The van der Waals surface area contributed by atoms with Crippen molar-refractivity contribution in [3.05, 3.63) is 25.3 Å². The van der Waals surface area contributed by atoms with E-state index < -0.39 is 28.8 Å². The number of hydrogen-bond acceptors (Lipinski definition) is 6. The van der Waals surface area contributed by atoms with E-state index in [9.17, 15) is 9.59 Å². The molecule has 6 nitrogen and oxygen atoms in total. The fourth-order valence-electron chi connectivity index (χ4n) is 1.32. The number of carbonyl (C=O) groups excluding carboxylic acids is 2. The van der Waals surface area contributed by atoms with Gasteiger partial charge in [-0.3, -0.25) is 0 Å². The van der Waals surface area contributed by atoms with Gasteiger partial charge < -0.3 is 18.0 Å². The predicted octanol–water partition coefficient (Wildman–Crippen LogP) is 4.43. The summed E-state index contributed by atoms with van der Waals surface area (Å²) >= 11 is 0. The molecule has 0 amide bonds. The quantitative estimate of drug-likeness (QED) is 0.254. The van der Waals surface area contributed by atoms with Crippen LogP contribution in [0.5, 0.6) is 0 Å². The Bertz CT molecular complexity index is 381. The van der Waals surface area contributed by atoms with Crippen molar-refractivity contribution < 1.29 is 27.6 Å². The van der Waals surface area contributed by atoms with Crippen LogP contribution >= 0.6 is 0 Å². The SMILES string of the molecule is C.C.C.C.C=CC(=O)OCO[Si](C)(C)O[Si](C)(C)COC(=O)C=C. The topological polar surface area (TPSA) is 71.1 Å². The van der Waals surface area contributed by atoms with Crippen LogP contribution < -0.4 is 0 Å². The van der Waals surface area contributed by atoms with E-state index >= 15 is 0 Å². The van der Waals surface area contributed by atoms with Gasteiger partial charge >= 0.3 is 20.5 Å². The lowest BCUT2D eigenvalue weighted by atomic mass is 10.7. The summed E-state index contributed by atoms with van der Waals surface area (Å²) in [6, 6.07) is 0. The first-order valence-corrected chi connectivity index (χ1v) is 12.0. The fourth-order valence-corrected chi connectivity index (χ4v) is 7.94.